The van der Waals surface area contributed by atoms with Gasteiger partial charge in [0.1, 0.15) is 5.78 Å². The van der Waals surface area contributed by atoms with E-state index in [1.165, 1.54) is 19.1 Å². The average molecular weight is 186 g/mol. The van der Waals surface area contributed by atoms with Crippen LogP contribution in [-0.4, -0.2) is 11.6 Å². The van der Waals surface area contributed by atoms with Crippen molar-refractivity contribution in [2.75, 3.05) is 0 Å². The maximum atomic E-state index is 12.4. The third-order valence-electron chi connectivity index (χ3n) is 1.26. The summed E-state index contributed by atoms with van der Waals surface area (Å²) in [5, 5.41) is -0.401. The van der Waals surface area contributed by atoms with Crippen molar-refractivity contribution in [3.05, 3.63) is 22.1 Å². The van der Waals surface area contributed by atoms with E-state index in [2.05, 4.69) is 0 Å². The largest absolute Gasteiger partial charge is 0.300 e. The number of carbonyl (C=O) groups is 2. The van der Waals surface area contributed by atoms with Crippen molar-refractivity contribution in [2.24, 2.45) is 0 Å². The van der Waals surface area contributed by atoms with E-state index in [4.69, 9.17) is 0 Å². The maximum Gasteiger partial charge on any atom is 0.180 e. The average Bonchev–Trinajstić information content (AvgIpc) is 2.34. The third-order valence-corrected chi connectivity index (χ3v) is 2.17. The predicted octanol–water partition coefficient (Wildman–Crippen LogP) is 2.05. The zero-order valence-corrected chi connectivity index (χ0v) is 7.28. The van der Waals surface area contributed by atoms with Gasteiger partial charge in [0.05, 0.1) is 11.3 Å². The molecule has 0 aromatic carbocycles. The summed E-state index contributed by atoms with van der Waals surface area (Å²) in [6, 6.07) is 2.61. The molecule has 0 aliphatic rings. The van der Waals surface area contributed by atoms with E-state index in [-0.39, 0.29) is 18.0 Å². The van der Waals surface area contributed by atoms with Gasteiger partial charge in [0.15, 0.2) is 10.9 Å². The second-order valence-electron chi connectivity index (χ2n) is 2.41. The molecule has 12 heavy (non-hydrogen) atoms. The summed E-state index contributed by atoms with van der Waals surface area (Å²) >= 11 is 0.769. The first-order chi connectivity index (χ1) is 5.59. The third kappa shape index (κ3) is 2.23. The molecule has 2 nitrogen and oxygen atoms in total. The molecular formula is C8H7FO2S. The van der Waals surface area contributed by atoms with Crippen molar-refractivity contribution in [2.45, 2.75) is 13.3 Å². The molecule has 0 N–H and O–H groups in total. The summed E-state index contributed by atoms with van der Waals surface area (Å²) in [7, 11) is 0. The number of thiophene rings is 1. The van der Waals surface area contributed by atoms with Gasteiger partial charge in [0, 0.05) is 0 Å². The van der Waals surface area contributed by atoms with Crippen molar-refractivity contribution in [3.63, 3.8) is 0 Å². The number of rotatable bonds is 3. The van der Waals surface area contributed by atoms with Gasteiger partial charge in [-0.05, 0) is 19.1 Å². The quantitative estimate of drug-likeness (QED) is 0.534. The SMILES string of the molecule is CC(=O)CC(=O)c1ccc(F)s1. The lowest BCUT2D eigenvalue weighted by Gasteiger charge is -1.90. The number of carbonyl (C=O) groups excluding carboxylic acids is 2. The fraction of sp³-hybridized carbons (Fsp3) is 0.250. The van der Waals surface area contributed by atoms with Gasteiger partial charge in [-0.3, -0.25) is 9.59 Å². The highest BCUT2D eigenvalue weighted by molar-refractivity contribution is 7.12. The first-order valence-corrected chi connectivity index (χ1v) is 4.19. The maximum absolute atomic E-state index is 12.4. The molecule has 0 spiro atoms. The van der Waals surface area contributed by atoms with Gasteiger partial charge in [-0.25, -0.2) is 0 Å². The second-order valence-corrected chi connectivity index (χ2v) is 3.44. The second kappa shape index (κ2) is 3.58. The van der Waals surface area contributed by atoms with Crippen LogP contribution in [-0.2, 0) is 4.79 Å². The number of ketones is 2. The molecule has 0 saturated carbocycles. The number of hydrogen-bond donors (Lipinski definition) is 0. The van der Waals surface area contributed by atoms with Crippen molar-refractivity contribution in [3.8, 4) is 0 Å². The monoisotopic (exact) mass is 186 g/mol. The lowest BCUT2D eigenvalue weighted by molar-refractivity contribution is -0.116. The molecule has 0 unspecified atom stereocenters. The minimum absolute atomic E-state index is 0.139. The molecule has 1 aromatic heterocycles. The predicted molar refractivity (Wildman–Crippen MR) is 43.9 cm³/mol. The Morgan fingerprint density at radius 3 is 2.58 bits per heavy atom. The molecule has 1 rings (SSSR count). The molecule has 1 heterocycles. The van der Waals surface area contributed by atoms with Gasteiger partial charge in [0.25, 0.3) is 0 Å². The highest BCUT2D eigenvalue weighted by Gasteiger charge is 2.10. The van der Waals surface area contributed by atoms with Gasteiger partial charge < -0.3 is 0 Å². The van der Waals surface area contributed by atoms with E-state index < -0.39 is 5.13 Å². The highest BCUT2D eigenvalue weighted by Crippen LogP contribution is 2.15. The molecule has 0 bridgehead atoms. The molecule has 0 radical (unpaired) electrons. The molecule has 4 heteroatoms. The normalized spacial score (nSPS) is 9.83. The van der Waals surface area contributed by atoms with Crippen LogP contribution >= 0.6 is 11.3 Å². The number of hydrogen-bond acceptors (Lipinski definition) is 3. The molecule has 0 saturated heterocycles. The summed E-state index contributed by atoms with van der Waals surface area (Å²) in [5.74, 6) is -0.509. The lowest BCUT2D eigenvalue weighted by Crippen LogP contribution is -2.02. The van der Waals surface area contributed by atoms with Gasteiger partial charge in [-0.1, -0.05) is 0 Å². The Morgan fingerprint density at radius 1 is 1.50 bits per heavy atom. The Labute approximate surface area is 73.0 Å². The Kier molecular flexibility index (Phi) is 2.70. The zero-order chi connectivity index (χ0) is 9.14. The van der Waals surface area contributed by atoms with Crippen LogP contribution < -0.4 is 0 Å². The van der Waals surface area contributed by atoms with Crippen LogP contribution in [0.1, 0.15) is 23.0 Å². The van der Waals surface area contributed by atoms with Crippen LogP contribution in [0.4, 0.5) is 4.39 Å². The van der Waals surface area contributed by atoms with Crippen LogP contribution in [0.5, 0.6) is 0 Å². The fourth-order valence-corrected chi connectivity index (χ4v) is 1.45. The summed E-state index contributed by atoms with van der Waals surface area (Å²) in [5.41, 5.74) is 0. The topological polar surface area (TPSA) is 34.1 Å². The molecule has 1 aromatic rings. The number of Topliss-reactive ketones (excluding diaryl/α,β-unsaturated/α-hetero) is 2. The van der Waals surface area contributed by atoms with Crippen molar-refractivity contribution >= 4 is 22.9 Å². The molecular weight excluding hydrogens is 179 g/mol. The van der Waals surface area contributed by atoms with Gasteiger partial charge in [0.2, 0.25) is 0 Å². The van der Waals surface area contributed by atoms with Crippen molar-refractivity contribution in [1.82, 2.24) is 0 Å². The molecule has 64 valence electrons. The Balaban J connectivity index is 2.72. The Morgan fingerprint density at radius 2 is 2.17 bits per heavy atom. The summed E-state index contributed by atoms with van der Waals surface area (Å²) in [6.45, 7) is 1.34. The van der Waals surface area contributed by atoms with E-state index in [0.717, 1.165) is 11.3 Å². The molecule has 0 aliphatic carbocycles. The Bertz CT molecular complexity index is 317. The number of halogens is 1. The van der Waals surface area contributed by atoms with Crippen LogP contribution in [0.2, 0.25) is 0 Å². The molecule has 0 atom stereocenters. The van der Waals surface area contributed by atoms with Crippen LogP contribution in [0, 0.1) is 5.13 Å². The van der Waals surface area contributed by atoms with Gasteiger partial charge in [-0.2, -0.15) is 4.39 Å². The van der Waals surface area contributed by atoms with Gasteiger partial charge >= 0.3 is 0 Å². The van der Waals surface area contributed by atoms with E-state index in [1.54, 1.807) is 0 Å². The zero-order valence-electron chi connectivity index (χ0n) is 6.46. The Hall–Kier alpha value is -1.03. The smallest absolute Gasteiger partial charge is 0.180 e. The van der Waals surface area contributed by atoms with Crippen molar-refractivity contribution < 1.29 is 14.0 Å². The summed E-state index contributed by atoms with van der Waals surface area (Å²) in [6.07, 6.45) is -0.139. The standard InChI is InChI=1S/C8H7FO2S/c1-5(10)4-6(11)7-2-3-8(9)12-7/h2-3H,4H2,1H3. The first kappa shape index (κ1) is 9.06. The van der Waals surface area contributed by atoms with E-state index in [1.807, 2.05) is 0 Å². The van der Waals surface area contributed by atoms with E-state index in [0.29, 0.717) is 4.88 Å². The van der Waals surface area contributed by atoms with Gasteiger partial charge in [-0.15, -0.1) is 11.3 Å². The van der Waals surface area contributed by atoms with E-state index in [9.17, 15) is 14.0 Å². The fourth-order valence-electron chi connectivity index (χ4n) is 0.777. The lowest BCUT2D eigenvalue weighted by atomic mass is 10.2. The van der Waals surface area contributed by atoms with Crippen LogP contribution in [0.15, 0.2) is 12.1 Å². The van der Waals surface area contributed by atoms with Crippen molar-refractivity contribution in [1.29, 1.82) is 0 Å². The molecule has 0 amide bonds. The molecule has 0 fully saturated rings. The first-order valence-electron chi connectivity index (χ1n) is 3.37. The minimum Gasteiger partial charge on any atom is -0.300 e. The summed E-state index contributed by atoms with van der Waals surface area (Å²) < 4.78 is 12.4. The van der Waals surface area contributed by atoms with Crippen LogP contribution in [0.3, 0.4) is 0 Å². The highest BCUT2D eigenvalue weighted by atomic mass is 32.1. The van der Waals surface area contributed by atoms with Crippen LogP contribution in [0.25, 0.3) is 0 Å². The summed E-state index contributed by atoms with van der Waals surface area (Å²) in [4.78, 5) is 21.9. The minimum atomic E-state index is -0.401. The van der Waals surface area contributed by atoms with E-state index >= 15 is 0 Å². The molecule has 0 aliphatic heterocycles.